The second kappa shape index (κ2) is 6.36. The number of carbonyl (C=O) groups is 1. The van der Waals surface area contributed by atoms with Gasteiger partial charge in [0.25, 0.3) is 0 Å². The Morgan fingerprint density at radius 3 is 2.71 bits per heavy atom. The number of nitrogens with two attached hydrogens (primary N) is 1. The van der Waals surface area contributed by atoms with Gasteiger partial charge >= 0.3 is 0 Å². The molecule has 4 heteroatoms. The van der Waals surface area contributed by atoms with Gasteiger partial charge in [0.05, 0.1) is 6.04 Å². The summed E-state index contributed by atoms with van der Waals surface area (Å²) in [7, 11) is 0. The lowest BCUT2D eigenvalue weighted by Gasteiger charge is -2.41. The Morgan fingerprint density at radius 2 is 2.06 bits per heavy atom. The molecule has 0 aromatic heterocycles. The number of hydrogen-bond acceptors (Lipinski definition) is 3. The summed E-state index contributed by atoms with van der Waals surface area (Å²) in [6.07, 6.45) is 8.14. The van der Waals surface area contributed by atoms with E-state index in [4.69, 9.17) is 5.73 Å². The SMILES string of the molecule is NCCCN(C1CCC1)C1CCCCNC1=O. The van der Waals surface area contributed by atoms with E-state index in [1.54, 1.807) is 0 Å². The highest BCUT2D eigenvalue weighted by Gasteiger charge is 2.34. The molecule has 2 aliphatic rings. The first-order valence-electron chi connectivity index (χ1n) is 7.06. The maximum Gasteiger partial charge on any atom is 0.237 e. The molecule has 1 saturated heterocycles. The van der Waals surface area contributed by atoms with Crippen LogP contribution in [-0.4, -0.2) is 42.5 Å². The number of amides is 1. The van der Waals surface area contributed by atoms with Crippen LogP contribution in [0.4, 0.5) is 0 Å². The molecule has 17 heavy (non-hydrogen) atoms. The molecule has 1 amide bonds. The normalized spacial score (nSPS) is 26.5. The molecule has 0 bridgehead atoms. The highest BCUT2D eigenvalue weighted by molar-refractivity contribution is 5.82. The van der Waals surface area contributed by atoms with E-state index in [-0.39, 0.29) is 11.9 Å². The fourth-order valence-electron chi connectivity index (χ4n) is 2.82. The maximum absolute atomic E-state index is 12.1. The minimum atomic E-state index is 0.106. The maximum atomic E-state index is 12.1. The van der Waals surface area contributed by atoms with Gasteiger partial charge < -0.3 is 11.1 Å². The van der Waals surface area contributed by atoms with Gasteiger partial charge in [0, 0.05) is 19.1 Å². The number of nitrogens with zero attached hydrogens (tertiary/aromatic N) is 1. The van der Waals surface area contributed by atoms with Gasteiger partial charge in [0.1, 0.15) is 0 Å². The molecular weight excluding hydrogens is 214 g/mol. The Hall–Kier alpha value is -0.610. The van der Waals surface area contributed by atoms with E-state index in [1.807, 2.05) is 0 Å². The molecule has 1 heterocycles. The summed E-state index contributed by atoms with van der Waals surface area (Å²) >= 11 is 0. The van der Waals surface area contributed by atoms with E-state index in [0.29, 0.717) is 6.04 Å². The first-order valence-corrected chi connectivity index (χ1v) is 7.06. The van der Waals surface area contributed by atoms with E-state index in [2.05, 4.69) is 10.2 Å². The van der Waals surface area contributed by atoms with E-state index in [0.717, 1.165) is 45.3 Å². The fourth-order valence-corrected chi connectivity index (χ4v) is 2.82. The van der Waals surface area contributed by atoms with Crippen molar-refractivity contribution >= 4 is 5.91 Å². The molecule has 1 unspecified atom stereocenters. The molecule has 2 fully saturated rings. The lowest BCUT2D eigenvalue weighted by molar-refractivity contribution is -0.128. The zero-order valence-electron chi connectivity index (χ0n) is 10.7. The van der Waals surface area contributed by atoms with Gasteiger partial charge in [-0.25, -0.2) is 0 Å². The quantitative estimate of drug-likeness (QED) is 0.748. The molecule has 1 atom stereocenters. The van der Waals surface area contributed by atoms with Crippen molar-refractivity contribution in [3.8, 4) is 0 Å². The molecule has 1 aliphatic heterocycles. The molecule has 0 aromatic rings. The van der Waals surface area contributed by atoms with Gasteiger partial charge in [-0.3, -0.25) is 9.69 Å². The van der Waals surface area contributed by atoms with Crippen molar-refractivity contribution in [1.82, 2.24) is 10.2 Å². The van der Waals surface area contributed by atoms with Crippen LogP contribution < -0.4 is 11.1 Å². The van der Waals surface area contributed by atoms with Crippen LogP contribution in [0.2, 0.25) is 0 Å². The monoisotopic (exact) mass is 239 g/mol. The lowest BCUT2D eigenvalue weighted by Crippen LogP contribution is -2.53. The van der Waals surface area contributed by atoms with Crippen molar-refractivity contribution in [2.24, 2.45) is 5.73 Å². The fraction of sp³-hybridized carbons (Fsp3) is 0.923. The average Bonchev–Trinajstić information content (AvgIpc) is 2.46. The van der Waals surface area contributed by atoms with Crippen molar-refractivity contribution in [1.29, 1.82) is 0 Å². The molecule has 98 valence electrons. The standard InChI is InChI=1S/C13H25N3O/c14-8-4-10-16(11-5-3-6-11)12-7-1-2-9-15-13(12)17/h11-12H,1-10,14H2,(H,15,17). The summed E-state index contributed by atoms with van der Waals surface area (Å²) in [5, 5.41) is 3.04. The van der Waals surface area contributed by atoms with Gasteiger partial charge in [0.15, 0.2) is 0 Å². The van der Waals surface area contributed by atoms with Gasteiger partial charge in [0.2, 0.25) is 5.91 Å². The van der Waals surface area contributed by atoms with Crippen LogP contribution in [-0.2, 0) is 4.79 Å². The highest BCUT2D eigenvalue weighted by atomic mass is 16.2. The van der Waals surface area contributed by atoms with E-state index < -0.39 is 0 Å². The largest absolute Gasteiger partial charge is 0.355 e. The second-order valence-electron chi connectivity index (χ2n) is 5.27. The number of carbonyl (C=O) groups excluding carboxylic acids is 1. The molecule has 4 nitrogen and oxygen atoms in total. The van der Waals surface area contributed by atoms with Crippen LogP contribution in [0.15, 0.2) is 0 Å². The smallest absolute Gasteiger partial charge is 0.237 e. The topological polar surface area (TPSA) is 58.4 Å². The lowest BCUT2D eigenvalue weighted by atomic mass is 9.89. The van der Waals surface area contributed by atoms with Gasteiger partial charge in [-0.1, -0.05) is 6.42 Å². The molecule has 0 radical (unpaired) electrons. The molecule has 3 N–H and O–H groups in total. The Balaban J connectivity index is 1.98. The van der Waals surface area contributed by atoms with Gasteiger partial charge in [-0.2, -0.15) is 0 Å². The Kier molecular flexibility index (Phi) is 4.80. The zero-order chi connectivity index (χ0) is 12.1. The summed E-state index contributed by atoms with van der Waals surface area (Å²) in [5.74, 6) is 0.242. The summed E-state index contributed by atoms with van der Waals surface area (Å²) in [6.45, 7) is 2.56. The van der Waals surface area contributed by atoms with Crippen LogP contribution in [0.5, 0.6) is 0 Å². The zero-order valence-corrected chi connectivity index (χ0v) is 10.7. The summed E-state index contributed by atoms with van der Waals surface area (Å²) in [4.78, 5) is 14.5. The highest BCUT2D eigenvalue weighted by Crippen LogP contribution is 2.28. The van der Waals surface area contributed by atoms with E-state index in [1.165, 1.54) is 19.3 Å². The number of hydrogen-bond donors (Lipinski definition) is 2. The van der Waals surface area contributed by atoms with Crippen LogP contribution in [0.3, 0.4) is 0 Å². The Morgan fingerprint density at radius 1 is 1.24 bits per heavy atom. The van der Waals surface area contributed by atoms with Crippen molar-refractivity contribution in [3.05, 3.63) is 0 Å². The summed E-state index contributed by atoms with van der Waals surface area (Å²) in [5.41, 5.74) is 5.60. The van der Waals surface area contributed by atoms with Crippen LogP contribution >= 0.6 is 0 Å². The van der Waals surface area contributed by atoms with Crippen LogP contribution in [0.1, 0.15) is 44.9 Å². The molecule has 1 aliphatic carbocycles. The van der Waals surface area contributed by atoms with Gasteiger partial charge in [-0.15, -0.1) is 0 Å². The predicted octanol–water partition coefficient (Wildman–Crippen LogP) is 0.858. The van der Waals surface area contributed by atoms with Crippen molar-refractivity contribution in [2.45, 2.75) is 57.0 Å². The first kappa shape index (κ1) is 12.8. The molecule has 0 aromatic carbocycles. The van der Waals surface area contributed by atoms with E-state index >= 15 is 0 Å². The predicted molar refractivity (Wildman–Crippen MR) is 68.7 cm³/mol. The van der Waals surface area contributed by atoms with Crippen molar-refractivity contribution < 1.29 is 4.79 Å². The molecule has 2 rings (SSSR count). The Bertz CT molecular complexity index is 253. The van der Waals surface area contributed by atoms with Crippen molar-refractivity contribution in [2.75, 3.05) is 19.6 Å². The summed E-state index contributed by atoms with van der Waals surface area (Å²) < 4.78 is 0. The first-order chi connectivity index (χ1) is 8.33. The minimum Gasteiger partial charge on any atom is -0.355 e. The number of nitrogens with one attached hydrogen (secondary N) is 1. The third-order valence-electron chi connectivity index (χ3n) is 4.07. The molecular formula is C13H25N3O. The minimum absolute atomic E-state index is 0.106. The van der Waals surface area contributed by atoms with Crippen LogP contribution in [0.25, 0.3) is 0 Å². The van der Waals surface area contributed by atoms with Crippen molar-refractivity contribution in [3.63, 3.8) is 0 Å². The molecule has 0 spiro atoms. The number of rotatable bonds is 5. The third kappa shape index (κ3) is 3.19. The molecule has 1 saturated carbocycles. The van der Waals surface area contributed by atoms with E-state index in [9.17, 15) is 4.79 Å². The summed E-state index contributed by atoms with van der Waals surface area (Å²) in [6, 6.07) is 0.741. The third-order valence-corrected chi connectivity index (χ3v) is 4.07. The van der Waals surface area contributed by atoms with Gasteiger partial charge in [-0.05, 0) is 45.1 Å². The Labute approximate surface area is 104 Å². The van der Waals surface area contributed by atoms with Crippen LogP contribution in [0, 0.1) is 0 Å². The average molecular weight is 239 g/mol. The second-order valence-corrected chi connectivity index (χ2v) is 5.27.